The zero-order valence-corrected chi connectivity index (χ0v) is 14.1. The highest BCUT2D eigenvalue weighted by atomic mass is 35.5. The zero-order valence-electron chi connectivity index (χ0n) is 13.3. The van der Waals surface area contributed by atoms with Crippen molar-refractivity contribution in [1.82, 2.24) is 4.90 Å². The van der Waals surface area contributed by atoms with Crippen LogP contribution in [0.4, 0.5) is 5.69 Å². The molecule has 1 aromatic rings. The second kappa shape index (κ2) is 8.86. The lowest BCUT2D eigenvalue weighted by atomic mass is 9.79. The number of para-hydroxylation sites is 1. The highest BCUT2D eigenvalue weighted by molar-refractivity contribution is 5.95. The maximum absolute atomic E-state index is 12.6. The topological polar surface area (TPSA) is 84.7 Å². The number of nitrogens with zero attached hydrogens (tertiary/aromatic N) is 1. The first-order chi connectivity index (χ1) is 10.6. The number of nitrogens with two attached hydrogens (primary N) is 1. The minimum atomic E-state index is -0.597. The first-order valence-corrected chi connectivity index (χ1v) is 7.46. The SMILES string of the molecule is CN(CC(=O)Nc1ccccc1)C(=O)C1(CN)CCOCC1.Cl. The Hall–Kier alpha value is -1.63. The minimum absolute atomic E-state index is 0. The Kier molecular flexibility index (Phi) is 7.48. The lowest BCUT2D eigenvalue weighted by molar-refractivity contribution is -0.147. The molecule has 2 amide bonds. The maximum atomic E-state index is 12.6. The molecule has 0 spiro atoms. The number of hydrogen-bond donors (Lipinski definition) is 2. The van der Waals surface area contributed by atoms with Crippen LogP contribution in [0.1, 0.15) is 12.8 Å². The molecule has 0 bridgehead atoms. The highest BCUT2D eigenvalue weighted by Gasteiger charge is 2.40. The van der Waals surface area contributed by atoms with E-state index < -0.39 is 5.41 Å². The van der Waals surface area contributed by atoms with Crippen LogP contribution in [0.25, 0.3) is 0 Å². The Morgan fingerprint density at radius 2 is 1.87 bits per heavy atom. The number of nitrogens with one attached hydrogen (secondary N) is 1. The van der Waals surface area contributed by atoms with Crippen LogP contribution in [0, 0.1) is 5.41 Å². The van der Waals surface area contributed by atoms with Gasteiger partial charge in [0.05, 0.1) is 12.0 Å². The van der Waals surface area contributed by atoms with Gasteiger partial charge in [0.15, 0.2) is 0 Å². The van der Waals surface area contributed by atoms with Gasteiger partial charge in [-0.25, -0.2) is 0 Å². The average molecular weight is 342 g/mol. The van der Waals surface area contributed by atoms with E-state index in [1.165, 1.54) is 4.90 Å². The molecule has 2 rings (SSSR count). The third kappa shape index (κ3) is 4.92. The standard InChI is InChI=1S/C16H23N3O3.ClH/c1-19(11-14(20)18-13-5-3-2-4-6-13)15(21)16(12-17)7-9-22-10-8-16;/h2-6H,7-12,17H2,1H3,(H,18,20);1H. The molecule has 1 saturated heterocycles. The van der Waals surface area contributed by atoms with E-state index in [4.69, 9.17) is 10.5 Å². The fraction of sp³-hybridized carbons (Fsp3) is 0.500. The Balaban J connectivity index is 0.00000264. The van der Waals surface area contributed by atoms with Crippen LogP contribution in [0.15, 0.2) is 30.3 Å². The van der Waals surface area contributed by atoms with E-state index in [9.17, 15) is 9.59 Å². The summed E-state index contributed by atoms with van der Waals surface area (Å²) in [5.74, 6) is -0.303. The number of carbonyl (C=O) groups is 2. The molecular weight excluding hydrogens is 318 g/mol. The van der Waals surface area contributed by atoms with E-state index >= 15 is 0 Å². The summed E-state index contributed by atoms with van der Waals surface area (Å²) in [6.07, 6.45) is 1.21. The predicted molar refractivity (Wildman–Crippen MR) is 91.5 cm³/mol. The molecule has 6 nitrogen and oxygen atoms in total. The Bertz CT molecular complexity index is 519. The van der Waals surface area contributed by atoms with Gasteiger partial charge in [-0.2, -0.15) is 0 Å². The molecule has 1 aromatic carbocycles. The fourth-order valence-electron chi connectivity index (χ4n) is 2.68. The smallest absolute Gasteiger partial charge is 0.243 e. The lowest BCUT2D eigenvalue weighted by Gasteiger charge is -2.37. The lowest BCUT2D eigenvalue weighted by Crippen LogP contribution is -2.51. The van der Waals surface area contributed by atoms with E-state index in [1.807, 2.05) is 18.2 Å². The summed E-state index contributed by atoms with van der Waals surface area (Å²) < 4.78 is 5.31. The van der Waals surface area contributed by atoms with Crippen LogP contribution in [0.3, 0.4) is 0 Å². The first kappa shape index (κ1) is 19.4. The van der Waals surface area contributed by atoms with Crippen LogP contribution in [-0.2, 0) is 14.3 Å². The number of anilines is 1. The van der Waals surface area contributed by atoms with E-state index in [-0.39, 0.29) is 37.3 Å². The average Bonchev–Trinajstić information content (AvgIpc) is 2.55. The van der Waals surface area contributed by atoms with Crippen molar-refractivity contribution in [2.45, 2.75) is 12.8 Å². The van der Waals surface area contributed by atoms with Gasteiger partial charge in [-0.3, -0.25) is 9.59 Å². The molecular formula is C16H24ClN3O3. The largest absolute Gasteiger partial charge is 0.381 e. The van der Waals surface area contributed by atoms with E-state index in [2.05, 4.69) is 5.32 Å². The molecule has 23 heavy (non-hydrogen) atoms. The van der Waals surface area contributed by atoms with Crippen LogP contribution >= 0.6 is 12.4 Å². The summed E-state index contributed by atoms with van der Waals surface area (Å²) >= 11 is 0. The van der Waals surface area contributed by atoms with E-state index in [1.54, 1.807) is 19.2 Å². The zero-order chi connectivity index (χ0) is 16.0. The van der Waals surface area contributed by atoms with Crippen molar-refractivity contribution in [3.05, 3.63) is 30.3 Å². The third-order valence-corrected chi connectivity index (χ3v) is 4.08. The van der Waals surface area contributed by atoms with E-state index in [0.29, 0.717) is 31.7 Å². The van der Waals surface area contributed by atoms with Gasteiger partial charge in [0, 0.05) is 32.5 Å². The van der Waals surface area contributed by atoms with Crippen LogP contribution in [-0.4, -0.2) is 50.1 Å². The summed E-state index contributed by atoms with van der Waals surface area (Å²) in [7, 11) is 1.64. The molecule has 1 heterocycles. The van der Waals surface area contributed by atoms with Crippen molar-refractivity contribution in [3.63, 3.8) is 0 Å². The second-order valence-electron chi connectivity index (χ2n) is 5.67. The van der Waals surface area contributed by atoms with E-state index in [0.717, 1.165) is 0 Å². The van der Waals surface area contributed by atoms with Crippen LogP contribution in [0.2, 0.25) is 0 Å². The minimum Gasteiger partial charge on any atom is -0.381 e. The number of hydrogen-bond acceptors (Lipinski definition) is 4. The molecule has 0 aliphatic carbocycles. The van der Waals surface area contributed by atoms with Gasteiger partial charge in [0.2, 0.25) is 11.8 Å². The van der Waals surface area contributed by atoms with Crippen molar-refractivity contribution < 1.29 is 14.3 Å². The quantitative estimate of drug-likeness (QED) is 0.844. The maximum Gasteiger partial charge on any atom is 0.243 e. The number of benzene rings is 1. The molecule has 0 radical (unpaired) electrons. The summed E-state index contributed by atoms with van der Waals surface area (Å²) in [4.78, 5) is 26.1. The molecule has 1 fully saturated rings. The monoisotopic (exact) mass is 341 g/mol. The molecule has 0 unspecified atom stereocenters. The molecule has 0 aromatic heterocycles. The molecule has 3 N–H and O–H groups in total. The summed E-state index contributed by atoms with van der Waals surface area (Å²) in [6.45, 7) is 1.36. The number of amides is 2. The van der Waals surface area contributed by atoms with Crippen LogP contribution in [0.5, 0.6) is 0 Å². The summed E-state index contributed by atoms with van der Waals surface area (Å²) in [6, 6.07) is 9.17. The predicted octanol–water partition coefficient (Wildman–Crippen LogP) is 1.26. The van der Waals surface area contributed by atoms with Crippen molar-refractivity contribution in [3.8, 4) is 0 Å². The number of ether oxygens (including phenoxy) is 1. The number of carbonyl (C=O) groups excluding carboxylic acids is 2. The number of likely N-dealkylation sites (N-methyl/N-ethyl adjacent to an activating group) is 1. The second-order valence-corrected chi connectivity index (χ2v) is 5.67. The Morgan fingerprint density at radius 1 is 1.26 bits per heavy atom. The highest BCUT2D eigenvalue weighted by Crippen LogP contribution is 2.31. The van der Waals surface area contributed by atoms with Crippen molar-refractivity contribution in [1.29, 1.82) is 0 Å². The van der Waals surface area contributed by atoms with Crippen LogP contribution < -0.4 is 11.1 Å². The van der Waals surface area contributed by atoms with Gasteiger partial charge in [-0.15, -0.1) is 12.4 Å². The normalized spacial score (nSPS) is 16.1. The first-order valence-electron chi connectivity index (χ1n) is 7.46. The van der Waals surface area contributed by atoms with Gasteiger partial charge in [-0.1, -0.05) is 18.2 Å². The Morgan fingerprint density at radius 3 is 2.43 bits per heavy atom. The summed E-state index contributed by atoms with van der Waals surface area (Å²) in [5.41, 5.74) is 5.95. The molecule has 128 valence electrons. The molecule has 0 atom stereocenters. The van der Waals surface area contributed by atoms with Gasteiger partial charge in [0.1, 0.15) is 0 Å². The van der Waals surface area contributed by atoms with Crippen molar-refractivity contribution in [2.75, 3.05) is 38.7 Å². The number of rotatable bonds is 5. The van der Waals surface area contributed by atoms with Crippen molar-refractivity contribution >= 4 is 29.9 Å². The van der Waals surface area contributed by atoms with Gasteiger partial charge >= 0.3 is 0 Å². The third-order valence-electron chi connectivity index (χ3n) is 4.08. The van der Waals surface area contributed by atoms with Crippen molar-refractivity contribution in [2.24, 2.45) is 11.1 Å². The molecule has 1 aliphatic rings. The summed E-state index contributed by atoms with van der Waals surface area (Å²) in [5, 5.41) is 2.77. The van der Waals surface area contributed by atoms with Gasteiger partial charge in [-0.05, 0) is 25.0 Å². The number of halogens is 1. The molecule has 7 heteroatoms. The molecule has 0 saturated carbocycles. The Labute approximate surface area is 142 Å². The fourth-order valence-corrected chi connectivity index (χ4v) is 2.68. The van der Waals surface area contributed by atoms with Gasteiger partial charge < -0.3 is 20.7 Å². The molecule has 1 aliphatic heterocycles. The van der Waals surface area contributed by atoms with Gasteiger partial charge in [0.25, 0.3) is 0 Å².